The van der Waals surface area contributed by atoms with Gasteiger partial charge < -0.3 is 4.90 Å². The molecule has 4 nitrogen and oxygen atoms in total. The van der Waals surface area contributed by atoms with Crippen molar-refractivity contribution in [2.24, 2.45) is 0 Å². The standard InChI is InChI=1S/C33H24N4S.C2H6/c1-37-20-9-8-16-27(37)24-18-19-28-26(21-24)30-25(15-10-17-29(30)38-28)33-35-31(22-11-4-2-5-12-22)34-32(36-33)23-13-6-3-7-14-23;1-2/h2-21,27H,1H3;1-2H3. The number of benzene rings is 4. The van der Waals surface area contributed by atoms with Gasteiger partial charge in [0, 0.05) is 43.9 Å². The van der Waals surface area contributed by atoms with Gasteiger partial charge in [-0.15, -0.1) is 11.3 Å². The van der Waals surface area contributed by atoms with Crippen molar-refractivity contribution in [3.05, 3.63) is 127 Å². The van der Waals surface area contributed by atoms with Gasteiger partial charge in [0.1, 0.15) is 0 Å². The lowest BCUT2D eigenvalue weighted by Crippen LogP contribution is -2.18. The summed E-state index contributed by atoms with van der Waals surface area (Å²) in [5, 5.41) is 2.42. The summed E-state index contributed by atoms with van der Waals surface area (Å²) < 4.78 is 2.49. The fraction of sp³-hybridized carbons (Fsp3) is 0.114. The van der Waals surface area contributed by atoms with Crippen molar-refractivity contribution in [1.29, 1.82) is 0 Å². The SMILES string of the molecule is CC.CN1C=CC=CC1c1ccc2sc3cccc(-c4nc(-c5ccccc5)nc(-c5ccccc5)n4)c3c2c1. The van der Waals surface area contributed by atoms with Crippen LogP contribution in [0.3, 0.4) is 0 Å². The number of hydrogen-bond acceptors (Lipinski definition) is 5. The predicted molar refractivity (Wildman–Crippen MR) is 169 cm³/mol. The van der Waals surface area contributed by atoms with Gasteiger partial charge in [-0.05, 0) is 36.0 Å². The minimum absolute atomic E-state index is 0.207. The van der Waals surface area contributed by atoms with E-state index < -0.39 is 0 Å². The summed E-state index contributed by atoms with van der Waals surface area (Å²) in [5.41, 5.74) is 4.23. The molecular weight excluding hydrogens is 508 g/mol. The first-order chi connectivity index (χ1) is 19.7. The van der Waals surface area contributed by atoms with Gasteiger partial charge >= 0.3 is 0 Å². The summed E-state index contributed by atoms with van der Waals surface area (Å²) in [6, 6.07) is 33.7. The van der Waals surface area contributed by atoms with E-state index in [-0.39, 0.29) is 6.04 Å². The average Bonchev–Trinajstić information content (AvgIpc) is 3.41. The number of rotatable bonds is 4. The molecule has 1 aliphatic rings. The second-order valence-corrected chi connectivity index (χ2v) is 10.5. The number of allylic oxidation sites excluding steroid dienone is 2. The fourth-order valence-corrected chi connectivity index (χ4v) is 6.19. The van der Waals surface area contributed by atoms with Crippen molar-refractivity contribution in [2.45, 2.75) is 19.9 Å². The summed E-state index contributed by atoms with van der Waals surface area (Å²) in [4.78, 5) is 17.1. The highest BCUT2D eigenvalue weighted by atomic mass is 32.1. The third-order valence-electron chi connectivity index (χ3n) is 6.97. The molecule has 0 radical (unpaired) electrons. The van der Waals surface area contributed by atoms with Crippen molar-refractivity contribution in [2.75, 3.05) is 7.05 Å². The Balaban J connectivity index is 0.00000142. The minimum Gasteiger partial charge on any atom is -0.370 e. The molecule has 0 bridgehead atoms. The molecule has 40 heavy (non-hydrogen) atoms. The lowest BCUT2D eigenvalue weighted by atomic mass is 9.99. The van der Waals surface area contributed by atoms with Gasteiger partial charge in [-0.2, -0.15) is 0 Å². The van der Waals surface area contributed by atoms with Gasteiger partial charge in [-0.25, -0.2) is 15.0 Å². The quantitative estimate of drug-likeness (QED) is 0.224. The van der Waals surface area contributed by atoms with E-state index >= 15 is 0 Å². The molecule has 1 atom stereocenters. The number of thiophene rings is 1. The maximum absolute atomic E-state index is 5.01. The van der Waals surface area contributed by atoms with Gasteiger partial charge in [0.25, 0.3) is 0 Å². The summed E-state index contributed by atoms with van der Waals surface area (Å²) in [6.07, 6.45) is 8.55. The van der Waals surface area contributed by atoms with Crippen LogP contribution in [-0.4, -0.2) is 26.9 Å². The zero-order chi connectivity index (χ0) is 27.5. The number of hydrogen-bond donors (Lipinski definition) is 0. The molecule has 1 aliphatic heterocycles. The number of likely N-dealkylation sites (N-methyl/N-ethyl adjacent to an activating group) is 1. The van der Waals surface area contributed by atoms with Gasteiger partial charge in [-0.3, -0.25) is 0 Å². The smallest absolute Gasteiger partial charge is 0.164 e. The van der Waals surface area contributed by atoms with Crippen LogP contribution in [-0.2, 0) is 0 Å². The normalized spacial score (nSPS) is 14.4. The molecule has 0 amide bonds. The molecule has 0 N–H and O–H groups in total. The summed E-state index contributed by atoms with van der Waals surface area (Å²) >= 11 is 1.81. The van der Waals surface area contributed by atoms with Gasteiger partial charge in [-0.1, -0.05) is 105 Å². The maximum atomic E-state index is 5.01. The molecule has 196 valence electrons. The molecule has 0 spiro atoms. The summed E-state index contributed by atoms with van der Waals surface area (Å²) in [7, 11) is 2.12. The van der Waals surface area contributed by atoms with Crippen molar-refractivity contribution in [3.63, 3.8) is 0 Å². The van der Waals surface area contributed by atoms with Crippen LogP contribution < -0.4 is 0 Å². The van der Waals surface area contributed by atoms with E-state index in [2.05, 4.69) is 72.8 Å². The van der Waals surface area contributed by atoms with Crippen LogP contribution in [0.15, 0.2) is 121 Å². The highest BCUT2D eigenvalue weighted by Crippen LogP contribution is 2.41. The number of aromatic nitrogens is 3. The Morgan fingerprint density at radius 3 is 1.95 bits per heavy atom. The largest absolute Gasteiger partial charge is 0.370 e. The van der Waals surface area contributed by atoms with E-state index in [1.807, 2.05) is 85.8 Å². The van der Waals surface area contributed by atoms with E-state index in [0.717, 1.165) is 16.7 Å². The maximum Gasteiger partial charge on any atom is 0.164 e. The second kappa shape index (κ2) is 11.2. The molecule has 0 saturated carbocycles. The average molecular weight is 539 g/mol. The van der Waals surface area contributed by atoms with Crippen molar-refractivity contribution < 1.29 is 0 Å². The zero-order valence-electron chi connectivity index (χ0n) is 22.8. The number of nitrogens with zero attached hydrogens (tertiary/aromatic N) is 4. The molecule has 0 fully saturated rings. The third kappa shape index (κ3) is 4.80. The first-order valence-corrected chi connectivity index (χ1v) is 14.5. The molecule has 0 saturated heterocycles. The lowest BCUT2D eigenvalue weighted by Gasteiger charge is -2.26. The van der Waals surface area contributed by atoms with E-state index in [9.17, 15) is 0 Å². The first kappa shape index (κ1) is 25.7. The Morgan fingerprint density at radius 1 is 0.650 bits per heavy atom. The topological polar surface area (TPSA) is 41.9 Å². The Bertz CT molecular complexity index is 1780. The van der Waals surface area contributed by atoms with Crippen molar-refractivity contribution >= 4 is 31.5 Å². The molecule has 6 aromatic rings. The van der Waals surface area contributed by atoms with Gasteiger partial charge in [0.2, 0.25) is 0 Å². The number of fused-ring (bicyclic) bond motifs is 3. The van der Waals surface area contributed by atoms with Crippen LogP contribution in [0.2, 0.25) is 0 Å². The Morgan fingerprint density at radius 2 is 1.30 bits per heavy atom. The van der Waals surface area contributed by atoms with Crippen LogP contribution in [0, 0.1) is 0 Å². The van der Waals surface area contributed by atoms with Gasteiger partial charge in [0.05, 0.1) is 6.04 Å². The summed E-state index contributed by atoms with van der Waals surface area (Å²) in [6.45, 7) is 4.00. The van der Waals surface area contributed by atoms with Crippen LogP contribution in [0.25, 0.3) is 54.3 Å². The minimum atomic E-state index is 0.207. The molecule has 1 unspecified atom stereocenters. The van der Waals surface area contributed by atoms with Crippen molar-refractivity contribution in [1.82, 2.24) is 19.9 Å². The molecular formula is C35H30N4S. The van der Waals surface area contributed by atoms with E-state index in [1.54, 1.807) is 0 Å². The first-order valence-electron chi connectivity index (χ1n) is 13.6. The van der Waals surface area contributed by atoms with Crippen LogP contribution >= 0.6 is 11.3 Å². The van der Waals surface area contributed by atoms with Crippen molar-refractivity contribution in [3.8, 4) is 34.2 Å². The Kier molecular flexibility index (Phi) is 7.21. The molecule has 2 aromatic heterocycles. The Labute approximate surface area is 239 Å². The zero-order valence-corrected chi connectivity index (χ0v) is 23.6. The lowest BCUT2D eigenvalue weighted by molar-refractivity contribution is 0.390. The van der Waals surface area contributed by atoms with E-state index in [4.69, 9.17) is 15.0 Å². The monoisotopic (exact) mass is 538 g/mol. The molecule has 4 aromatic carbocycles. The van der Waals surface area contributed by atoms with E-state index in [1.165, 1.54) is 25.7 Å². The van der Waals surface area contributed by atoms with Crippen LogP contribution in [0.5, 0.6) is 0 Å². The summed E-state index contributed by atoms with van der Waals surface area (Å²) in [5.74, 6) is 2.03. The third-order valence-corrected chi connectivity index (χ3v) is 8.10. The highest BCUT2D eigenvalue weighted by Gasteiger charge is 2.19. The molecule has 5 heteroatoms. The van der Waals surface area contributed by atoms with E-state index in [0.29, 0.717) is 17.5 Å². The van der Waals surface area contributed by atoms with Crippen LogP contribution in [0.4, 0.5) is 0 Å². The van der Waals surface area contributed by atoms with Gasteiger partial charge in [0.15, 0.2) is 17.5 Å². The molecule has 3 heterocycles. The van der Waals surface area contributed by atoms with Crippen LogP contribution in [0.1, 0.15) is 25.5 Å². The molecule has 0 aliphatic carbocycles. The predicted octanol–water partition coefficient (Wildman–Crippen LogP) is 9.32. The highest BCUT2D eigenvalue weighted by molar-refractivity contribution is 7.25. The molecule has 7 rings (SSSR count). The fourth-order valence-electron chi connectivity index (χ4n) is 5.07. The second-order valence-electron chi connectivity index (χ2n) is 9.41. The Hall–Kier alpha value is -4.61.